The van der Waals surface area contributed by atoms with Crippen LogP contribution >= 0.6 is 0 Å². The number of hydrogen-bond acceptors (Lipinski definition) is 5. The average molecular weight is 239 g/mol. The second-order valence-electron chi connectivity index (χ2n) is 4.39. The third-order valence-corrected chi connectivity index (χ3v) is 3.21. The zero-order valence-corrected chi connectivity index (χ0v) is 10.5. The van der Waals surface area contributed by atoms with Gasteiger partial charge in [0.2, 0.25) is 0 Å². The molecule has 17 heavy (non-hydrogen) atoms. The molecule has 3 N–H and O–H groups in total. The van der Waals surface area contributed by atoms with Gasteiger partial charge in [-0.2, -0.15) is 0 Å². The maximum Gasteiger partial charge on any atom is 0.129 e. The topological polar surface area (TPSA) is 68.3 Å². The van der Waals surface area contributed by atoms with Crippen LogP contribution in [0.5, 0.6) is 0 Å². The van der Waals surface area contributed by atoms with Gasteiger partial charge in [0.1, 0.15) is 11.9 Å². The molecule has 0 saturated carbocycles. The van der Waals surface area contributed by atoms with E-state index in [4.69, 9.17) is 10.6 Å². The summed E-state index contributed by atoms with van der Waals surface area (Å²) in [6.45, 7) is 5.55. The lowest BCUT2D eigenvalue weighted by atomic mass is 10.1. The van der Waals surface area contributed by atoms with Crippen molar-refractivity contribution in [2.75, 3.05) is 26.7 Å². The molecule has 6 nitrogen and oxygen atoms in total. The van der Waals surface area contributed by atoms with Gasteiger partial charge < -0.3 is 14.2 Å². The van der Waals surface area contributed by atoms with Gasteiger partial charge in [0.15, 0.2) is 0 Å². The number of hydrogen-bond donors (Lipinski definition) is 2. The van der Waals surface area contributed by atoms with Gasteiger partial charge in [0.05, 0.1) is 12.7 Å². The number of imidazole rings is 1. The van der Waals surface area contributed by atoms with Crippen molar-refractivity contribution in [2.24, 2.45) is 5.84 Å². The van der Waals surface area contributed by atoms with Crippen molar-refractivity contribution in [1.82, 2.24) is 19.9 Å². The molecule has 2 unspecified atom stereocenters. The van der Waals surface area contributed by atoms with E-state index in [9.17, 15) is 0 Å². The number of aryl methyl sites for hydroxylation is 1. The van der Waals surface area contributed by atoms with Crippen LogP contribution in [0.25, 0.3) is 0 Å². The minimum Gasteiger partial charge on any atom is -0.373 e. The highest BCUT2D eigenvalue weighted by Gasteiger charge is 2.29. The fourth-order valence-electron chi connectivity index (χ4n) is 2.23. The molecule has 1 aromatic rings. The number of ether oxygens (including phenoxy) is 1. The number of morpholine rings is 1. The maximum atomic E-state index is 5.79. The largest absolute Gasteiger partial charge is 0.373 e. The fraction of sp³-hybridized carbons (Fsp3) is 0.727. The van der Waals surface area contributed by atoms with E-state index in [1.54, 1.807) is 6.20 Å². The van der Waals surface area contributed by atoms with Crippen LogP contribution in [-0.4, -0.2) is 47.3 Å². The first kappa shape index (κ1) is 12.5. The van der Waals surface area contributed by atoms with Crippen molar-refractivity contribution < 1.29 is 4.74 Å². The van der Waals surface area contributed by atoms with Gasteiger partial charge in [-0.3, -0.25) is 5.84 Å². The average Bonchev–Trinajstić information content (AvgIpc) is 2.78. The van der Waals surface area contributed by atoms with Crippen molar-refractivity contribution in [3.05, 3.63) is 18.2 Å². The molecular formula is C11H21N5O. The number of aromatic nitrogens is 2. The van der Waals surface area contributed by atoms with Crippen molar-refractivity contribution in [3.8, 4) is 0 Å². The molecule has 1 aliphatic rings. The van der Waals surface area contributed by atoms with E-state index in [0.717, 1.165) is 32.1 Å². The summed E-state index contributed by atoms with van der Waals surface area (Å²) in [6.07, 6.45) is 3.81. The molecule has 0 bridgehead atoms. The summed E-state index contributed by atoms with van der Waals surface area (Å²) in [7, 11) is 2.09. The summed E-state index contributed by atoms with van der Waals surface area (Å²) in [5.41, 5.74) is 2.83. The van der Waals surface area contributed by atoms with Crippen LogP contribution in [-0.2, 0) is 11.3 Å². The second-order valence-corrected chi connectivity index (χ2v) is 4.39. The molecule has 2 heterocycles. The fourth-order valence-corrected chi connectivity index (χ4v) is 2.23. The smallest absolute Gasteiger partial charge is 0.129 e. The van der Waals surface area contributed by atoms with E-state index in [1.807, 2.05) is 6.20 Å². The Morgan fingerprint density at radius 3 is 3.18 bits per heavy atom. The Bertz CT molecular complexity index is 353. The summed E-state index contributed by atoms with van der Waals surface area (Å²) in [5, 5.41) is 0. The van der Waals surface area contributed by atoms with Crippen molar-refractivity contribution in [1.29, 1.82) is 0 Å². The van der Waals surface area contributed by atoms with Gasteiger partial charge in [-0.1, -0.05) is 0 Å². The van der Waals surface area contributed by atoms with Crippen LogP contribution < -0.4 is 11.3 Å². The Hall–Kier alpha value is -0.950. The van der Waals surface area contributed by atoms with Crippen LogP contribution in [0, 0.1) is 0 Å². The standard InChI is InChI=1S/C11H21N5O/c1-3-16-5-4-13-11(16)10(14-12)9-8-15(2)6-7-17-9/h4-5,9-10,14H,3,6-8,12H2,1-2H3. The van der Waals surface area contributed by atoms with Gasteiger partial charge in [-0.25, -0.2) is 10.4 Å². The first-order valence-electron chi connectivity index (χ1n) is 6.03. The highest BCUT2D eigenvalue weighted by atomic mass is 16.5. The number of nitrogens with two attached hydrogens (primary N) is 1. The lowest BCUT2D eigenvalue weighted by Gasteiger charge is -2.34. The third kappa shape index (κ3) is 2.66. The molecular weight excluding hydrogens is 218 g/mol. The van der Waals surface area contributed by atoms with E-state index < -0.39 is 0 Å². The lowest BCUT2D eigenvalue weighted by molar-refractivity contribution is -0.0413. The second kappa shape index (κ2) is 5.59. The predicted molar refractivity (Wildman–Crippen MR) is 65.2 cm³/mol. The highest BCUT2D eigenvalue weighted by Crippen LogP contribution is 2.20. The number of likely N-dealkylation sites (N-methyl/N-ethyl adjacent to an activating group) is 1. The van der Waals surface area contributed by atoms with Gasteiger partial charge >= 0.3 is 0 Å². The van der Waals surface area contributed by atoms with Crippen molar-refractivity contribution in [2.45, 2.75) is 25.6 Å². The molecule has 1 fully saturated rings. The normalized spacial score (nSPS) is 23.8. The molecule has 1 aromatic heterocycles. The van der Waals surface area contributed by atoms with Crippen LogP contribution in [0.4, 0.5) is 0 Å². The van der Waals surface area contributed by atoms with Gasteiger partial charge in [0.25, 0.3) is 0 Å². The number of nitrogens with zero attached hydrogens (tertiary/aromatic N) is 3. The molecule has 0 aliphatic carbocycles. The molecule has 6 heteroatoms. The Morgan fingerprint density at radius 2 is 2.53 bits per heavy atom. The van der Waals surface area contributed by atoms with Crippen LogP contribution in [0.2, 0.25) is 0 Å². The lowest BCUT2D eigenvalue weighted by Crippen LogP contribution is -2.49. The molecule has 1 saturated heterocycles. The Labute approximate surface area is 102 Å². The third-order valence-electron chi connectivity index (χ3n) is 3.21. The predicted octanol–water partition coefficient (Wildman–Crippen LogP) is -0.262. The molecule has 96 valence electrons. The van der Waals surface area contributed by atoms with Crippen LogP contribution in [0.1, 0.15) is 18.8 Å². The summed E-state index contributed by atoms with van der Waals surface area (Å²) in [4.78, 5) is 6.63. The van der Waals surface area contributed by atoms with Crippen LogP contribution in [0.15, 0.2) is 12.4 Å². The molecule has 2 rings (SSSR count). The van der Waals surface area contributed by atoms with E-state index in [2.05, 4.69) is 33.8 Å². The van der Waals surface area contributed by atoms with Gasteiger partial charge in [-0.05, 0) is 14.0 Å². The Kier molecular flexibility index (Phi) is 4.11. The minimum atomic E-state index is -0.0623. The zero-order chi connectivity index (χ0) is 12.3. The summed E-state index contributed by atoms with van der Waals surface area (Å²) in [6, 6.07) is -0.0623. The Balaban J connectivity index is 2.15. The first-order chi connectivity index (χ1) is 8.26. The molecule has 0 radical (unpaired) electrons. The highest BCUT2D eigenvalue weighted by molar-refractivity contribution is 5.03. The first-order valence-corrected chi connectivity index (χ1v) is 6.03. The zero-order valence-electron chi connectivity index (χ0n) is 10.5. The van der Waals surface area contributed by atoms with Gasteiger partial charge in [-0.15, -0.1) is 0 Å². The minimum absolute atomic E-state index is 0.0476. The molecule has 0 amide bonds. The monoisotopic (exact) mass is 239 g/mol. The molecule has 2 atom stereocenters. The summed E-state index contributed by atoms with van der Waals surface area (Å²) < 4.78 is 7.87. The van der Waals surface area contributed by atoms with Crippen molar-refractivity contribution >= 4 is 0 Å². The number of rotatable bonds is 4. The summed E-state index contributed by atoms with van der Waals surface area (Å²) >= 11 is 0. The molecule has 0 spiro atoms. The molecule has 1 aliphatic heterocycles. The SMILES string of the molecule is CCn1ccnc1C(NN)C1CN(C)CCO1. The van der Waals surface area contributed by atoms with E-state index in [1.165, 1.54) is 0 Å². The van der Waals surface area contributed by atoms with E-state index >= 15 is 0 Å². The maximum absolute atomic E-state index is 5.79. The summed E-state index contributed by atoms with van der Waals surface area (Å²) in [5.74, 6) is 6.60. The Morgan fingerprint density at radius 1 is 1.71 bits per heavy atom. The molecule has 0 aromatic carbocycles. The van der Waals surface area contributed by atoms with E-state index in [-0.39, 0.29) is 12.1 Å². The van der Waals surface area contributed by atoms with Gasteiger partial charge in [0, 0.05) is 32.0 Å². The van der Waals surface area contributed by atoms with Crippen molar-refractivity contribution in [3.63, 3.8) is 0 Å². The number of hydrazine groups is 1. The van der Waals surface area contributed by atoms with E-state index in [0.29, 0.717) is 0 Å². The quantitative estimate of drug-likeness (QED) is 0.559. The van der Waals surface area contributed by atoms with Crippen LogP contribution in [0.3, 0.4) is 0 Å². The number of nitrogens with one attached hydrogen (secondary N) is 1.